The molecule has 3 nitrogen and oxygen atoms in total. The topological polar surface area (TPSA) is 34.9 Å². The van der Waals surface area contributed by atoms with Gasteiger partial charge in [-0.2, -0.15) is 5.10 Å². The van der Waals surface area contributed by atoms with Crippen molar-refractivity contribution in [1.82, 2.24) is 9.78 Å². The van der Waals surface area contributed by atoms with Gasteiger partial charge in [0, 0.05) is 24.8 Å². The second-order valence-electron chi connectivity index (χ2n) is 5.06. The predicted octanol–water partition coefficient (Wildman–Crippen LogP) is 3.12. The first-order valence-electron chi connectivity index (χ1n) is 6.53. The van der Waals surface area contributed by atoms with Gasteiger partial charge in [-0.05, 0) is 18.9 Å². The van der Waals surface area contributed by atoms with E-state index in [1.54, 1.807) is 0 Å². The molecule has 1 aromatic heterocycles. The molecule has 1 heterocycles. The van der Waals surface area contributed by atoms with Gasteiger partial charge in [-0.3, -0.25) is 9.48 Å². The summed E-state index contributed by atoms with van der Waals surface area (Å²) in [6.07, 6.45) is 2.42. The van der Waals surface area contributed by atoms with Crippen LogP contribution in [0.1, 0.15) is 32.4 Å². The van der Waals surface area contributed by atoms with E-state index in [1.807, 2.05) is 37.7 Å². The van der Waals surface area contributed by atoms with Crippen molar-refractivity contribution < 1.29 is 4.79 Å². The van der Waals surface area contributed by atoms with Crippen molar-refractivity contribution in [2.45, 2.75) is 33.1 Å². The van der Waals surface area contributed by atoms with Crippen molar-refractivity contribution in [3.8, 4) is 0 Å². The first-order valence-corrected chi connectivity index (χ1v) is 6.53. The Labute approximate surface area is 108 Å². The van der Waals surface area contributed by atoms with E-state index in [4.69, 9.17) is 0 Å². The maximum Gasteiger partial charge on any atom is 0.135 e. The lowest BCUT2D eigenvalue weighted by molar-refractivity contribution is -0.121. The van der Waals surface area contributed by atoms with Crippen molar-refractivity contribution in [2.24, 2.45) is 13.0 Å². The smallest absolute Gasteiger partial charge is 0.135 e. The third-order valence-corrected chi connectivity index (χ3v) is 3.32. The fourth-order valence-corrected chi connectivity index (χ4v) is 2.19. The lowest BCUT2D eigenvalue weighted by Crippen LogP contribution is -2.07. The van der Waals surface area contributed by atoms with Crippen LogP contribution in [0.25, 0.3) is 10.9 Å². The monoisotopic (exact) mass is 244 g/mol. The molecule has 0 aliphatic rings. The highest BCUT2D eigenvalue weighted by atomic mass is 16.1. The fraction of sp³-hybridized carbons (Fsp3) is 0.467. The van der Waals surface area contributed by atoms with Crippen LogP contribution in [-0.4, -0.2) is 15.6 Å². The summed E-state index contributed by atoms with van der Waals surface area (Å²) in [6, 6.07) is 8.23. The van der Waals surface area contributed by atoms with Crippen LogP contribution in [-0.2, 0) is 18.3 Å². The predicted molar refractivity (Wildman–Crippen MR) is 73.5 cm³/mol. The molecule has 0 fully saturated rings. The van der Waals surface area contributed by atoms with Gasteiger partial charge in [-0.15, -0.1) is 0 Å². The van der Waals surface area contributed by atoms with E-state index in [9.17, 15) is 4.79 Å². The van der Waals surface area contributed by atoms with Crippen LogP contribution in [0.2, 0.25) is 0 Å². The number of nitrogens with zero attached hydrogens (tertiary/aromatic N) is 2. The van der Waals surface area contributed by atoms with Crippen LogP contribution in [0.15, 0.2) is 24.3 Å². The Morgan fingerprint density at radius 2 is 2.06 bits per heavy atom. The third-order valence-electron chi connectivity index (χ3n) is 3.32. The fourth-order valence-electron chi connectivity index (χ4n) is 2.19. The molecule has 96 valence electrons. The van der Waals surface area contributed by atoms with Crippen LogP contribution in [0.3, 0.4) is 0 Å². The van der Waals surface area contributed by atoms with Crippen LogP contribution >= 0.6 is 0 Å². The van der Waals surface area contributed by atoms with Crippen LogP contribution in [0.4, 0.5) is 0 Å². The molecule has 0 aliphatic heterocycles. The molecule has 0 amide bonds. The van der Waals surface area contributed by atoms with Crippen LogP contribution in [0.5, 0.6) is 0 Å². The number of aromatic nitrogens is 2. The number of benzene rings is 1. The molecule has 0 aliphatic carbocycles. The summed E-state index contributed by atoms with van der Waals surface area (Å²) in [4.78, 5) is 11.6. The van der Waals surface area contributed by atoms with Gasteiger partial charge in [0.15, 0.2) is 0 Å². The molecular formula is C15H20N2O. The number of hydrogen-bond donors (Lipinski definition) is 0. The molecule has 1 aromatic carbocycles. The Morgan fingerprint density at radius 1 is 1.33 bits per heavy atom. The summed E-state index contributed by atoms with van der Waals surface area (Å²) in [5.41, 5.74) is 2.26. The van der Waals surface area contributed by atoms with Crippen LogP contribution in [0, 0.1) is 5.92 Å². The largest absolute Gasteiger partial charge is 0.299 e. The molecule has 0 saturated carbocycles. The van der Waals surface area contributed by atoms with Gasteiger partial charge in [0.1, 0.15) is 5.78 Å². The van der Waals surface area contributed by atoms with E-state index in [-0.39, 0.29) is 5.92 Å². The summed E-state index contributed by atoms with van der Waals surface area (Å²) >= 11 is 0. The van der Waals surface area contributed by atoms with Crippen LogP contribution < -0.4 is 0 Å². The Balaban J connectivity index is 2.06. The average molecular weight is 244 g/mol. The zero-order valence-electron chi connectivity index (χ0n) is 11.3. The zero-order valence-corrected chi connectivity index (χ0v) is 11.3. The van der Waals surface area contributed by atoms with E-state index in [0.717, 1.165) is 24.1 Å². The maximum atomic E-state index is 11.6. The molecule has 0 atom stereocenters. The van der Waals surface area contributed by atoms with Crippen molar-refractivity contribution in [3.63, 3.8) is 0 Å². The van der Waals surface area contributed by atoms with Gasteiger partial charge in [0.25, 0.3) is 0 Å². The first-order chi connectivity index (χ1) is 8.59. The highest BCUT2D eigenvalue weighted by Crippen LogP contribution is 2.19. The molecule has 3 heteroatoms. The summed E-state index contributed by atoms with van der Waals surface area (Å²) in [5.74, 6) is 0.487. The third kappa shape index (κ3) is 2.61. The van der Waals surface area contributed by atoms with E-state index in [0.29, 0.717) is 12.2 Å². The summed E-state index contributed by atoms with van der Waals surface area (Å²) in [7, 11) is 1.96. The molecule has 0 radical (unpaired) electrons. The van der Waals surface area contributed by atoms with Crippen molar-refractivity contribution >= 4 is 16.7 Å². The number of aryl methyl sites for hydroxylation is 2. The number of fused-ring (bicyclic) bond motifs is 1. The average Bonchev–Trinajstić information content (AvgIpc) is 2.67. The molecule has 0 spiro atoms. The summed E-state index contributed by atoms with van der Waals surface area (Å²) < 4.78 is 1.91. The Kier molecular flexibility index (Phi) is 3.80. The first kappa shape index (κ1) is 12.8. The minimum Gasteiger partial charge on any atom is -0.299 e. The standard InChI is InChI=1S/C15H20N2O/c1-11(2)15(18)10-6-8-13-12-7-4-5-9-14(12)17(3)16-13/h4-5,7,9,11H,6,8,10H2,1-3H3. The Hall–Kier alpha value is -1.64. The number of carbonyl (C=O) groups is 1. The number of Topliss-reactive ketones (excluding diaryl/α,β-unsaturated/α-hetero) is 1. The SMILES string of the molecule is CC(C)C(=O)CCCc1nn(C)c2ccccc12. The number of para-hydroxylation sites is 1. The number of ketones is 1. The molecule has 0 saturated heterocycles. The second kappa shape index (κ2) is 5.34. The normalized spacial score (nSPS) is 11.3. The van der Waals surface area contributed by atoms with Gasteiger partial charge in [0.2, 0.25) is 0 Å². The summed E-state index contributed by atoms with van der Waals surface area (Å²) in [5, 5.41) is 5.74. The number of rotatable bonds is 5. The van der Waals surface area contributed by atoms with Gasteiger partial charge >= 0.3 is 0 Å². The van der Waals surface area contributed by atoms with E-state index >= 15 is 0 Å². The lowest BCUT2D eigenvalue weighted by Gasteiger charge is -2.02. The van der Waals surface area contributed by atoms with E-state index < -0.39 is 0 Å². The molecule has 0 unspecified atom stereocenters. The Bertz CT molecular complexity index is 555. The highest BCUT2D eigenvalue weighted by Gasteiger charge is 2.10. The molecule has 0 N–H and O–H groups in total. The van der Waals surface area contributed by atoms with E-state index in [1.165, 1.54) is 5.39 Å². The number of hydrogen-bond acceptors (Lipinski definition) is 2. The number of carbonyl (C=O) groups excluding carboxylic acids is 1. The minimum absolute atomic E-state index is 0.144. The molecule has 2 aromatic rings. The lowest BCUT2D eigenvalue weighted by atomic mass is 10.0. The quantitative estimate of drug-likeness (QED) is 0.810. The highest BCUT2D eigenvalue weighted by molar-refractivity contribution is 5.82. The minimum atomic E-state index is 0.144. The van der Waals surface area contributed by atoms with Gasteiger partial charge in [0.05, 0.1) is 11.2 Å². The van der Waals surface area contributed by atoms with Crippen molar-refractivity contribution in [1.29, 1.82) is 0 Å². The molecule has 2 rings (SSSR count). The van der Waals surface area contributed by atoms with Crippen molar-refractivity contribution in [3.05, 3.63) is 30.0 Å². The second-order valence-corrected chi connectivity index (χ2v) is 5.06. The molecule has 0 bridgehead atoms. The van der Waals surface area contributed by atoms with Gasteiger partial charge in [-0.25, -0.2) is 0 Å². The maximum absolute atomic E-state index is 11.6. The zero-order chi connectivity index (χ0) is 13.1. The summed E-state index contributed by atoms with van der Waals surface area (Å²) in [6.45, 7) is 3.91. The van der Waals surface area contributed by atoms with E-state index in [2.05, 4.69) is 17.2 Å². The van der Waals surface area contributed by atoms with Crippen molar-refractivity contribution in [2.75, 3.05) is 0 Å². The molecule has 18 heavy (non-hydrogen) atoms. The van der Waals surface area contributed by atoms with Gasteiger partial charge < -0.3 is 0 Å². The van der Waals surface area contributed by atoms with Gasteiger partial charge in [-0.1, -0.05) is 32.0 Å². The Morgan fingerprint density at radius 3 is 2.78 bits per heavy atom. The molecular weight excluding hydrogens is 224 g/mol.